The first-order valence-electron chi connectivity index (χ1n) is 4.67. The molecular weight excluding hydrogens is 168 g/mol. The van der Waals surface area contributed by atoms with Crippen molar-refractivity contribution in [3.8, 4) is 0 Å². The van der Waals surface area contributed by atoms with Gasteiger partial charge in [0.15, 0.2) is 0 Å². The van der Waals surface area contributed by atoms with Crippen LogP contribution < -0.4 is 5.73 Å². The predicted octanol–water partition coefficient (Wildman–Crippen LogP) is 0.519. The second kappa shape index (κ2) is 5.94. The molecule has 4 heteroatoms. The summed E-state index contributed by atoms with van der Waals surface area (Å²) in [5.41, 5.74) is 5.41. The van der Waals surface area contributed by atoms with Gasteiger partial charge in [-0.25, -0.2) is 0 Å². The van der Waals surface area contributed by atoms with Gasteiger partial charge < -0.3 is 15.7 Å². The maximum absolute atomic E-state index is 10.5. The zero-order valence-electron chi connectivity index (χ0n) is 8.66. The zero-order chi connectivity index (χ0) is 10.4. The molecule has 0 bridgehead atoms. The third-order valence-corrected chi connectivity index (χ3v) is 2.26. The molecule has 0 aromatic heterocycles. The molecular formula is C9H20N2O2. The van der Waals surface area contributed by atoms with Crippen molar-refractivity contribution in [3.63, 3.8) is 0 Å². The summed E-state index contributed by atoms with van der Waals surface area (Å²) in [7, 11) is 1.91. The molecule has 78 valence electrons. The predicted molar refractivity (Wildman–Crippen MR) is 52.6 cm³/mol. The minimum absolute atomic E-state index is 0.399. The van der Waals surface area contributed by atoms with Gasteiger partial charge in [0, 0.05) is 12.6 Å². The average molecular weight is 188 g/mol. The van der Waals surface area contributed by atoms with Gasteiger partial charge in [-0.15, -0.1) is 0 Å². The highest BCUT2D eigenvalue weighted by Crippen LogP contribution is 2.03. The normalized spacial score (nSPS) is 15.8. The number of nitrogens with two attached hydrogens (primary N) is 1. The van der Waals surface area contributed by atoms with Crippen LogP contribution in [0.4, 0.5) is 0 Å². The fraction of sp³-hybridized carbons (Fsp3) is 0.889. The Balaban J connectivity index is 3.84. The first kappa shape index (κ1) is 12.4. The van der Waals surface area contributed by atoms with Crippen LogP contribution in [0.5, 0.6) is 0 Å². The molecule has 0 aliphatic carbocycles. The molecule has 2 unspecified atom stereocenters. The van der Waals surface area contributed by atoms with Crippen molar-refractivity contribution < 1.29 is 9.90 Å². The number of likely N-dealkylation sites (N-methyl/N-ethyl adjacent to an activating group) is 1. The second-order valence-corrected chi connectivity index (χ2v) is 3.52. The molecule has 0 radical (unpaired) electrons. The van der Waals surface area contributed by atoms with Gasteiger partial charge in [0.25, 0.3) is 0 Å². The van der Waals surface area contributed by atoms with Crippen molar-refractivity contribution in [1.29, 1.82) is 0 Å². The minimum atomic E-state index is -0.935. The third kappa shape index (κ3) is 4.85. The Morgan fingerprint density at radius 3 is 2.54 bits per heavy atom. The lowest BCUT2D eigenvalue weighted by atomic mass is 10.1. The molecule has 0 aromatic rings. The average Bonchev–Trinajstić information content (AvgIpc) is 2.04. The lowest BCUT2D eigenvalue weighted by Crippen LogP contribution is -2.44. The van der Waals surface area contributed by atoms with E-state index in [-0.39, 0.29) is 0 Å². The fourth-order valence-electron chi connectivity index (χ4n) is 1.21. The van der Waals surface area contributed by atoms with Crippen LogP contribution in [0, 0.1) is 0 Å². The SMILES string of the molecule is CCCC(C)N(C)CC(N)C(=O)O. The molecule has 0 spiro atoms. The number of carbonyl (C=O) groups is 1. The van der Waals surface area contributed by atoms with Gasteiger partial charge in [-0.3, -0.25) is 4.79 Å². The van der Waals surface area contributed by atoms with Gasteiger partial charge in [0.1, 0.15) is 6.04 Å². The van der Waals surface area contributed by atoms with E-state index >= 15 is 0 Å². The van der Waals surface area contributed by atoms with E-state index in [4.69, 9.17) is 10.8 Å². The number of nitrogens with zero attached hydrogens (tertiary/aromatic N) is 1. The van der Waals surface area contributed by atoms with Crippen LogP contribution in [0.1, 0.15) is 26.7 Å². The highest BCUT2D eigenvalue weighted by Gasteiger charge is 2.16. The number of rotatable bonds is 6. The van der Waals surface area contributed by atoms with E-state index in [1.165, 1.54) is 0 Å². The Morgan fingerprint density at radius 1 is 1.62 bits per heavy atom. The molecule has 2 atom stereocenters. The molecule has 3 N–H and O–H groups in total. The summed E-state index contributed by atoms with van der Waals surface area (Å²) < 4.78 is 0. The lowest BCUT2D eigenvalue weighted by molar-refractivity contribution is -0.139. The Hall–Kier alpha value is -0.610. The third-order valence-electron chi connectivity index (χ3n) is 2.26. The Morgan fingerprint density at radius 2 is 2.15 bits per heavy atom. The highest BCUT2D eigenvalue weighted by molar-refractivity contribution is 5.73. The first-order valence-corrected chi connectivity index (χ1v) is 4.67. The molecule has 0 saturated carbocycles. The van der Waals surface area contributed by atoms with Gasteiger partial charge in [-0.05, 0) is 20.4 Å². The molecule has 0 amide bonds. The lowest BCUT2D eigenvalue weighted by Gasteiger charge is -2.25. The van der Waals surface area contributed by atoms with Crippen molar-refractivity contribution in [2.45, 2.75) is 38.8 Å². The van der Waals surface area contributed by atoms with Gasteiger partial charge >= 0.3 is 5.97 Å². The number of hydrogen-bond acceptors (Lipinski definition) is 3. The largest absolute Gasteiger partial charge is 0.480 e. The molecule has 0 aliphatic heterocycles. The van der Waals surface area contributed by atoms with E-state index in [1.807, 2.05) is 11.9 Å². The summed E-state index contributed by atoms with van der Waals surface area (Å²) in [5.74, 6) is -0.935. The molecule has 0 saturated heterocycles. The summed E-state index contributed by atoms with van der Waals surface area (Å²) in [5, 5.41) is 8.59. The van der Waals surface area contributed by atoms with E-state index in [2.05, 4.69) is 13.8 Å². The van der Waals surface area contributed by atoms with Gasteiger partial charge in [-0.2, -0.15) is 0 Å². The van der Waals surface area contributed by atoms with E-state index in [1.54, 1.807) is 0 Å². The van der Waals surface area contributed by atoms with Crippen LogP contribution in [0.2, 0.25) is 0 Å². The van der Waals surface area contributed by atoms with Crippen molar-refractivity contribution in [2.24, 2.45) is 5.73 Å². The van der Waals surface area contributed by atoms with Crippen LogP contribution in [0.25, 0.3) is 0 Å². The number of aliphatic carboxylic acids is 1. The standard InChI is InChI=1S/C9H20N2O2/c1-4-5-7(2)11(3)6-8(10)9(12)13/h7-8H,4-6,10H2,1-3H3,(H,12,13). The Bertz CT molecular complexity index is 162. The quantitative estimate of drug-likeness (QED) is 0.637. The maximum Gasteiger partial charge on any atom is 0.321 e. The topological polar surface area (TPSA) is 66.6 Å². The van der Waals surface area contributed by atoms with Crippen LogP contribution in [0.3, 0.4) is 0 Å². The van der Waals surface area contributed by atoms with Crippen LogP contribution in [0.15, 0.2) is 0 Å². The smallest absolute Gasteiger partial charge is 0.321 e. The minimum Gasteiger partial charge on any atom is -0.480 e. The van der Waals surface area contributed by atoms with Crippen LogP contribution in [-0.4, -0.2) is 41.7 Å². The highest BCUT2D eigenvalue weighted by atomic mass is 16.4. The van der Waals surface area contributed by atoms with E-state index in [0.29, 0.717) is 12.6 Å². The van der Waals surface area contributed by atoms with Crippen molar-refractivity contribution in [2.75, 3.05) is 13.6 Å². The number of carboxylic acids is 1. The molecule has 4 nitrogen and oxygen atoms in total. The van der Waals surface area contributed by atoms with Crippen molar-refractivity contribution in [1.82, 2.24) is 4.90 Å². The van der Waals surface area contributed by atoms with E-state index in [9.17, 15) is 4.79 Å². The number of carboxylic acid groups (broad SMARTS) is 1. The summed E-state index contributed by atoms with van der Waals surface area (Å²) in [4.78, 5) is 12.5. The molecule has 0 rings (SSSR count). The van der Waals surface area contributed by atoms with Crippen LogP contribution >= 0.6 is 0 Å². The van der Waals surface area contributed by atoms with Gasteiger partial charge in [0.05, 0.1) is 0 Å². The van der Waals surface area contributed by atoms with Crippen molar-refractivity contribution in [3.05, 3.63) is 0 Å². The van der Waals surface area contributed by atoms with Crippen molar-refractivity contribution >= 4 is 5.97 Å². The van der Waals surface area contributed by atoms with Gasteiger partial charge in [0.2, 0.25) is 0 Å². The zero-order valence-corrected chi connectivity index (χ0v) is 8.66. The van der Waals surface area contributed by atoms with Crippen LogP contribution in [-0.2, 0) is 4.79 Å². The second-order valence-electron chi connectivity index (χ2n) is 3.52. The molecule has 13 heavy (non-hydrogen) atoms. The molecule has 0 fully saturated rings. The summed E-state index contributed by atoms with van der Waals surface area (Å²) in [6, 6.07) is -0.375. The maximum atomic E-state index is 10.5. The number of hydrogen-bond donors (Lipinski definition) is 2. The van der Waals surface area contributed by atoms with Gasteiger partial charge in [-0.1, -0.05) is 13.3 Å². The van der Waals surface area contributed by atoms with E-state index < -0.39 is 12.0 Å². The van der Waals surface area contributed by atoms with E-state index in [0.717, 1.165) is 12.8 Å². The molecule has 0 aromatic carbocycles. The Kier molecular flexibility index (Phi) is 5.66. The first-order chi connectivity index (χ1) is 5.99. The monoisotopic (exact) mass is 188 g/mol. The molecule has 0 aliphatic rings. The summed E-state index contributed by atoms with van der Waals surface area (Å²) >= 11 is 0. The summed E-state index contributed by atoms with van der Waals surface area (Å²) in [6.45, 7) is 4.61. The summed E-state index contributed by atoms with van der Waals surface area (Å²) in [6.07, 6.45) is 2.18. The fourth-order valence-corrected chi connectivity index (χ4v) is 1.21. The Labute approximate surface area is 79.7 Å². The molecule has 0 heterocycles.